The SMILES string of the molecule is OB(O)c1cccc(-c2cc(-c3ccccc3)nc(-c3cccc(-c4cccnc4)c3)n2)c1. The van der Waals surface area contributed by atoms with Crippen LogP contribution >= 0.6 is 0 Å². The molecule has 0 aliphatic heterocycles. The van der Waals surface area contributed by atoms with Crippen LogP contribution in [-0.4, -0.2) is 32.1 Å². The van der Waals surface area contributed by atoms with E-state index in [1.165, 1.54) is 0 Å². The first kappa shape index (κ1) is 20.8. The zero-order valence-electron chi connectivity index (χ0n) is 17.7. The van der Waals surface area contributed by atoms with Gasteiger partial charge in [0.2, 0.25) is 0 Å². The van der Waals surface area contributed by atoms with Crippen molar-refractivity contribution in [2.45, 2.75) is 0 Å². The quantitative estimate of drug-likeness (QED) is 0.409. The van der Waals surface area contributed by atoms with Gasteiger partial charge in [0.05, 0.1) is 11.4 Å². The molecule has 0 amide bonds. The Balaban J connectivity index is 1.67. The predicted molar refractivity (Wildman–Crippen MR) is 131 cm³/mol. The summed E-state index contributed by atoms with van der Waals surface area (Å²) in [5.41, 5.74) is 6.59. The Labute approximate surface area is 192 Å². The molecule has 0 fully saturated rings. The lowest BCUT2D eigenvalue weighted by Crippen LogP contribution is -2.29. The molecular weight excluding hydrogens is 409 g/mol. The molecule has 2 N–H and O–H groups in total. The summed E-state index contributed by atoms with van der Waals surface area (Å²) in [6.45, 7) is 0. The normalized spacial score (nSPS) is 10.7. The molecule has 5 rings (SSSR count). The summed E-state index contributed by atoms with van der Waals surface area (Å²) in [5, 5.41) is 19.2. The molecule has 6 heteroatoms. The topological polar surface area (TPSA) is 79.1 Å². The van der Waals surface area contributed by atoms with Crippen LogP contribution in [0.15, 0.2) is 109 Å². The molecule has 5 nitrogen and oxygen atoms in total. The lowest BCUT2D eigenvalue weighted by atomic mass is 9.79. The molecular formula is C27H20BN3O2. The third kappa shape index (κ3) is 4.57. The van der Waals surface area contributed by atoms with E-state index >= 15 is 0 Å². The molecule has 2 heterocycles. The molecule has 0 atom stereocenters. The molecule has 33 heavy (non-hydrogen) atoms. The molecule has 0 radical (unpaired) electrons. The summed E-state index contributed by atoms with van der Waals surface area (Å²) in [4.78, 5) is 13.9. The Morgan fingerprint density at radius 1 is 0.545 bits per heavy atom. The van der Waals surface area contributed by atoms with Crippen LogP contribution in [-0.2, 0) is 0 Å². The molecule has 0 aliphatic carbocycles. The standard InChI is InChI=1S/C27H20BN3O2/c32-28(33)24-13-5-10-21(16-24)26-17-25(19-7-2-1-3-8-19)30-27(31-26)22-11-4-9-20(15-22)23-12-6-14-29-18-23/h1-18,32-33H. The fraction of sp³-hybridized carbons (Fsp3) is 0. The molecule has 0 unspecified atom stereocenters. The van der Waals surface area contributed by atoms with E-state index in [1.54, 1.807) is 24.4 Å². The Bertz CT molecular complexity index is 1390. The van der Waals surface area contributed by atoms with Crippen LogP contribution in [0.2, 0.25) is 0 Å². The molecule has 158 valence electrons. The van der Waals surface area contributed by atoms with E-state index in [2.05, 4.69) is 11.1 Å². The van der Waals surface area contributed by atoms with Crippen molar-refractivity contribution in [3.8, 4) is 45.0 Å². The van der Waals surface area contributed by atoms with Gasteiger partial charge in [0.15, 0.2) is 5.82 Å². The van der Waals surface area contributed by atoms with Crippen LogP contribution in [0.4, 0.5) is 0 Å². The van der Waals surface area contributed by atoms with Gasteiger partial charge in [-0.15, -0.1) is 0 Å². The first-order chi connectivity index (χ1) is 16.2. The van der Waals surface area contributed by atoms with Crippen molar-refractivity contribution < 1.29 is 10.0 Å². The summed E-state index contributed by atoms with van der Waals surface area (Å²) in [6.07, 6.45) is 3.58. The van der Waals surface area contributed by atoms with Gasteiger partial charge < -0.3 is 10.0 Å². The summed E-state index contributed by atoms with van der Waals surface area (Å²) in [7, 11) is -1.55. The van der Waals surface area contributed by atoms with Crippen molar-refractivity contribution >= 4 is 12.6 Å². The van der Waals surface area contributed by atoms with Gasteiger partial charge >= 0.3 is 7.12 Å². The summed E-state index contributed by atoms with van der Waals surface area (Å²) in [5.74, 6) is 0.590. The number of pyridine rings is 1. The fourth-order valence-electron chi connectivity index (χ4n) is 3.71. The van der Waals surface area contributed by atoms with E-state index in [0.717, 1.165) is 33.5 Å². The molecule has 0 saturated heterocycles. The smallest absolute Gasteiger partial charge is 0.423 e. The highest BCUT2D eigenvalue weighted by Crippen LogP contribution is 2.29. The van der Waals surface area contributed by atoms with Gasteiger partial charge in [-0.05, 0) is 34.8 Å². The maximum atomic E-state index is 9.62. The molecule has 2 aromatic heterocycles. The highest BCUT2D eigenvalue weighted by atomic mass is 16.4. The Morgan fingerprint density at radius 3 is 1.97 bits per heavy atom. The molecule has 0 aliphatic rings. The predicted octanol–water partition coefficient (Wildman–Crippen LogP) is 4.22. The number of hydrogen-bond acceptors (Lipinski definition) is 5. The number of benzene rings is 3. The van der Waals surface area contributed by atoms with Crippen molar-refractivity contribution in [2.24, 2.45) is 0 Å². The average Bonchev–Trinajstić information content (AvgIpc) is 2.89. The second kappa shape index (κ2) is 9.16. The summed E-state index contributed by atoms with van der Waals surface area (Å²) in [6, 6.07) is 31.0. The second-order valence-electron chi connectivity index (χ2n) is 7.65. The minimum Gasteiger partial charge on any atom is -0.423 e. The van der Waals surface area contributed by atoms with Crippen LogP contribution < -0.4 is 5.46 Å². The number of rotatable bonds is 5. The molecule has 3 aromatic carbocycles. The lowest BCUT2D eigenvalue weighted by molar-refractivity contribution is 0.426. The number of nitrogens with zero attached hydrogens (tertiary/aromatic N) is 3. The van der Waals surface area contributed by atoms with Gasteiger partial charge in [0.1, 0.15) is 0 Å². The third-order valence-electron chi connectivity index (χ3n) is 5.39. The van der Waals surface area contributed by atoms with E-state index in [-0.39, 0.29) is 0 Å². The molecule has 0 saturated carbocycles. The number of aromatic nitrogens is 3. The Morgan fingerprint density at radius 2 is 1.21 bits per heavy atom. The largest absolute Gasteiger partial charge is 0.488 e. The summed E-state index contributed by atoms with van der Waals surface area (Å²) < 4.78 is 0. The maximum Gasteiger partial charge on any atom is 0.488 e. The highest BCUT2D eigenvalue weighted by molar-refractivity contribution is 6.58. The lowest BCUT2D eigenvalue weighted by Gasteiger charge is -2.11. The Kier molecular flexibility index (Phi) is 5.76. The van der Waals surface area contributed by atoms with Crippen LogP contribution in [0.3, 0.4) is 0 Å². The molecule has 5 aromatic rings. The average molecular weight is 429 g/mol. The fourth-order valence-corrected chi connectivity index (χ4v) is 3.71. The molecule has 0 bridgehead atoms. The second-order valence-corrected chi connectivity index (χ2v) is 7.65. The maximum absolute atomic E-state index is 9.62. The van der Waals surface area contributed by atoms with Crippen molar-refractivity contribution in [1.82, 2.24) is 15.0 Å². The Hall–Kier alpha value is -4.13. The van der Waals surface area contributed by atoms with Crippen molar-refractivity contribution in [2.75, 3.05) is 0 Å². The third-order valence-corrected chi connectivity index (χ3v) is 5.39. The van der Waals surface area contributed by atoms with Gasteiger partial charge in [-0.1, -0.05) is 78.9 Å². The highest BCUT2D eigenvalue weighted by Gasteiger charge is 2.15. The first-order valence-corrected chi connectivity index (χ1v) is 10.6. The van der Waals surface area contributed by atoms with Crippen molar-refractivity contribution in [1.29, 1.82) is 0 Å². The van der Waals surface area contributed by atoms with Crippen molar-refractivity contribution in [3.63, 3.8) is 0 Å². The van der Waals surface area contributed by atoms with E-state index in [0.29, 0.717) is 17.0 Å². The minimum atomic E-state index is -1.55. The van der Waals surface area contributed by atoms with Gasteiger partial charge in [-0.25, -0.2) is 9.97 Å². The monoisotopic (exact) mass is 429 g/mol. The van der Waals surface area contributed by atoms with Crippen LogP contribution in [0.1, 0.15) is 0 Å². The van der Waals surface area contributed by atoms with E-state index in [4.69, 9.17) is 9.97 Å². The van der Waals surface area contributed by atoms with Gasteiger partial charge in [-0.3, -0.25) is 4.98 Å². The van der Waals surface area contributed by atoms with Gasteiger partial charge in [0.25, 0.3) is 0 Å². The van der Waals surface area contributed by atoms with Crippen LogP contribution in [0, 0.1) is 0 Å². The van der Waals surface area contributed by atoms with Crippen LogP contribution in [0.25, 0.3) is 45.0 Å². The summed E-state index contributed by atoms with van der Waals surface area (Å²) >= 11 is 0. The number of hydrogen-bond donors (Lipinski definition) is 2. The van der Waals surface area contributed by atoms with Crippen molar-refractivity contribution in [3.05, 3.63) is 109 Å². The van der Waals surface area contributed by atoms with E-state index < -0.39 is 7.12 Å². The van der Waals surface area contributed by atoms with E-state index in [1.807, 2.05) is 79.0 Å². The van der Waals surface area contributed by atoms with E-state index in [9.17, 15) is 10.0 Å². The van der Waals surface area contributed by atoms with Gasteiger partial charge in [-0.2, -0.15) is 0 Å². The first-order valence-electron chi connectivity index (χ1n) is 10.6. The zero-order chi connectivity index (χ0) is 22.6. The van der Waals surface area contributed by atoms with Crippen LogP contribution in [0.5, 0.6) is 0 Å². The van der Waals surface area contributed by atoms with Gasteiger partial charge in [0, 0.05) is 29.1 Å². The molecule has 0 spiro atoms. The zero-order valence-corrected chi connectivity index (χ0v) is 17.7. The minimum absolute atomic E-state index is 0.410.